The zero-order valence-corrected chi connectivity index (χ0v) is 15.0. The van der Waals surface area contributed by atoms with Crippen LogP contribution in [0.25, 0.3) is 22.5 Å². The van der Waals surface area contributed by atoms with Gasteiger partial charge in [-0.3, -0.25) is 0 Å². The van der Waals surface area contributed by atoms with Gasteiger partial charge in [0, 0.05) is 5.56 Å². The summed E-state index contributed by atoms with van der Waals surface area (Å²) in [6, 6.07) is 12.9. The van der Waals surface area contributed by atoms with Crippen molar-refractivity contribution in [2.75, 3.05) is 14.2 Å². The maximum Gasteiger partial charge on any atom is 0.269 e. The standard InChI is InChI=1S/C18H14Cl2N2O3/c1-23-15-10-11(8-13(19)16(15)24-2)9-14(20)18-21-17(22-25-18)12-6-4-3-5-7-12/h3-10H,1-2H3/b14-9-. The second-order valence-electron chi connectivity index (χ2n) is 5.02. The third kappa shape index (κ3) is 3.78. The molecule has 2 aromatic carbocycles. The van der Waals surface area contributed by atoms with Crippen molar-refractivity contribution in [3.8, 4) is 22.9 Å². The van der Waals surface area contributed by atoms with Crippen LogP contribution in [0.2, 0.25) is 5.02 Å². The molecular weight excluding hydrogens is 363 g/mol. The van der Waals surface area contributed by atoms with E-state index in [9.17, 15) is 0 Å². The van der Waals surface area contributed by atoms with E-state index >= 15 is 0 Å². The quantitative estimate of drug-likeness (QED) is 0.616. The van der Waals surface area contributed by atoms with Crippen molar-refractivity contribution in [2.45, 2.75) is 0 Å². The van der Waals surface area contributed by atoms with E-state index in [1.54, 1.807) is 18.2 Å². The molecule has 7 heteroatoms. The van der Waals surface area contributed by atoms with Crippen molar-refractivity contribution >= 4 is 34.3 Å². The Labute approximate surface area is 154 Å². The van der Waals surface area contributed by atoms with Gasteiger partial charge in [-0.05, 0) is 23.8 Å². The van der Waals surface area contributed by atoms with Gasteiger partial charge in [0.25, 0.3) is 5.89 Å². The Morgan fingerprint density at radius 1 is 1.12 bits per heavy atom. The van der Waals surface area contributed by atoms with Crippen LogP contribution in [0.1, 0.15) is 11.5 Å². The lowest BCUT2D eigenvalue weighted by atomic mass is 10.2. The summed E-state index contributed by atoms with van der Waals surface area (Å²) in [5, 5.41) is 4.65. The number of ether oxygens (including phenoxy) is 2. The lowest BCUT2D eigenvalue weighted by molar-refractivity contribution is 0.355. The molecular formula is C18H14Cl2N2O3. The normalized spacial score (nSPS) is 11.4. The maximum atomic E-state index is 6.31. The summed E-state index contributed by atoms with van der Waals surface area (Å²) in [5.41, 5.74) is 1.56. The first-order valence-corrected chi connectivity index (χ1v) is 8.06. The molecule has 0 aliphatic rings. The van der Waals surface area contributed by atoms with Crippen LogP contribution in [-0.2, 0) is 0 Å². The molecule has 0 spiro atoms. The Hall–Kier alpha value is -2.50. The van der Waals surface area contributed by atoms with E-state index in [2.05, 4.69) is 10.1 Å². The number of halogens is 2. The van der Waals surface area contributed by atoms with Gasteiger partial charge in [0.2, 0.25) is 5.82 Å². The van der Waals surface area contributed by atoms with Crippen LogP contribution in [0.3, 0.4) is 0 Å². The summed E-state index contributed by atoms with van der Waals surface area (Å²) in [7, 11) is 3.06. The number of aromatic nitrogens is 2. The molecule has 0 atom stereocenters. The number of hydrogen-bond acceptors (Lipinski definition) is 5. The third-order valence-electron chi connectivity index (χ3n) is 3.41. The minimum Gasteiger partial charge on any atom is -0.493 e. The summed E-state index contributed by atoms with van der Waals surface area (Å²) in [6.45, 7) is 0. The zero-order chi connectivity index (χ0) is 17.8. The monoisotopic (exact) mass is 376 g/mol. The van der Waals surface area contributed by atoms with Crippen LogP contribution in [0, 0.1) is 0 Å². The number of benzene rings is 2. The van der Waals surface area contributed by atoms with Crippen molar-refractivity contribution in [2.24, 2.45) is 0 Å². The van der Waals surface area contributed by atoms with Gasteiger partial charge in [-0.15, -0.1) is 0 Å². The Bertz CT molecular complexity index is 908. The summed E-state index contributed by atoms with van der Waals surface area (Å²) >= 11 is 12.5. The minimum atomic E-state index is 0.214. The summed E-state index contributed by atoms with van der Waals surface area (Å²) < 4.78 is 15.7. The summed E-state index contributed by atoms with van der Waals surface area (Å²) in [5.74, 6) is 1.64. The van der Waals surface area contributed by atoms with E-state index in [0.29, 0.717) is 27.9 Å². The smallest absolute Gasteiger partial charge is 0.269 e. The second kappa shape index (κ2) is 7.59. The molecule has 5 nitrogen and oxygen atoms in total. The van der Waals surface area contributed by atoms with E-state index in [1.165, 1.54) is 14.2 Å². The third-order valence-corrected chi connectivity index (χ3v) is 3.96. The Balaban J connectivity index is 1.92. The van der Waals surface area contributed by atoms with Crippen LogP contribution in [0.15, 0.2) is 47.0 Å². The highest BCUT2D eigenvalue weighted by Gasteiger charge is 2.14. The van der Waals surface area contributed by atoms with Gasteiger partial charge < -0.3 is 14.0 Å². The van der Waals surface area contributed by atoms with E-state index in [1.807, 2.05) is 30.3 Å². The van der Waals surface area contributed by atoms with Gasteiger partial charge in [0.1, 0.15) is 5.03 Å². The predicted octanol–water partition coefficient (Wildman–Crippen LogP) is 5.14. The van der Waals surface area contributed by atoms with Crippen molar-refractivity contribution in [3.63, 3.8) is 0 Å². The largest absolute Gasteiger partial charge is 0.493 e. The van der Waals surface area contributed by atoms with E-state index in [4.69, 9.17) is 37.2 Å². The van der Waals surface area contributed by atoms with Crippen molar-refractivity contribution in [3.05, 3.63) is 58.9 Å². The molecule has 0 aliphatic heterocycles. The Morgan fingerprint density at radius 2 is 1.88 bits per heavy atom. The number of methoxy groups -OCH3 is 2. The molecule has 3 aromatic rings. The fourth-order valence-electron chi connectivity index (χ4n) is 2.25. The highest BCUT2D eigenvalue weighted by molar-refractivity contribution is 6.50. The molecule has 0 unspecified atom stereocenters. The van der Waals surface area contributed by atoms with Crippen LogP contribution in [0.4, 0.5) is 0 Å². The highest BCUT2D eigenvalue weighted by atomic mass is 35.5. The van der Waals surface area contributed by atoms with Crippen molar-refractivity contribution in [1.82, 2.24) is 10.1 Å². The topological polar surface area (TPSA) is 57.4 Å². The molecule has 3 rings (SSSR count). The molecule has 1 heterocycles. The average molecular weight is 377 g/mol. The predicted molar refractivity (Wildman–Crippen MR) is 98.0 cm³/mol. The van der Waals surface area contributed by atoms with Gasteiger partial charge >= 0.3 is 0 Å². The summed E-state index contributed by atoms with van der Waals surface area (Å²) in [6.07, 6.45) is 1.66. The first kappa shape index (κ1) is 17.3. The molecule has 0 radical (unpaired) electrons. The van der Waals surface area contributed by atoms with Crippen LogP contribution < -0.4 is 9.47 Å². The molecule has 0 bridgehead atoms. The highest BCUT2D eigenvalue weighted by Crippen LogP contribution is 2.37. The van der Waals surface area contributed by atoms with Gasteiger partial charge in [-0.2, -0.15) is 4.98 Å². The average Bonchev–Trinajstić information content (AvgIpc) is 3.12. The number of hydrogen-bond donors (Lipinski definition) is 0. The molecule has 128 valence electrons. The molecule has 1 aromatic heterocycles. The van der Waals surface area contributed by atoms with Crippen molar-refractivity contribution in [1.29, 1.82) is 0 Å². The SMILES string of the molecule is COc1cc(/C=C(\Cl)c2nc(-c3ccccc3)no2)cc(Cl)c1OC. The van der Waals surface area contributed by atoms with E-state index < -0.39 is 0 Å². The zero-order valence-electron chi connectivity index (χ0n) is 13.5. The van der Waals surface area contributed by atoms with E-state index in [0.717, 1.165) is 5.56 Å². The van der Waals surface area contributed by atoms with Gasteiger partial charge in [0.05, 0.1) is 19.2 Å². The maximum absolute atomic E-state index is 6.31. The van der Waals surface area contributed by atoms with Crippen molar-refractivity contribution < 1.29 is 14.0 Å². The number of nitrogens with zero attached hydrogens (tertiary/aromatic N) is 2. The molecule has 0 aliphatic carbocycles. The Kier molecular flexibility index (Phi) is 5.26. The molecule has 25 heavy (non-hydrogen) atoms. The summed E-state index contributed by atoms with van der Waals surface area (Å²) in [4.78, 5) is 4.31. The first-order chi connectivity index (χ1) is 12.1. The lowest BCUT2D eigenvalue weighted by Crippen LogP contribution is -1.92. The van der Waals surface area contributed by atoms with Gasteiger partial charge in [0.15, 0.2) is 11.5 Å². The number of rotatable bonds is 5. The van der Waals surface area contributed by atoms with Crippen LogP contribution >= 0.6 is 23.2 Å². The van der Waals surface area contributed by atoms with Gasteiger partial charge in [-0.25, -0.2) is 0 Å². The fourth-order valence-corrected chi connectivity index (χ4v) is 2.75. The molecule has 0 amide bonds. The fraction of sp³-hybridized carbons (Fsp3) is 0.111. The molecule has 0 fully saturated rings. The first-order valence-electron chi connectivity index (χ1n) is 7.30. The van der Waals surface area contributed by atoms with Gasteiger partial charge in [-0.1, -0.05) is 58.7 Å². The molecule has 0 saturated carbocycles. The van der Waals surface area contributed by atoms with Crippen LogP contribution in [-0.4, -0.2) is 24.4 Å². The second-order valence-corrected chi connectivity index (χ2v) is 5.83. The molecule has 0 N–H and O–H groups in total. The Morgan fingerprint density at radius 3 is 2.56 bits per heavy atom. The molecule has 0 saturated heterocycles. The minimum absolute atomic E-state index is 0.214. The lowest BCUT2D eigenvalue weighted by Gasteiger charge is -2.10. The van der Waals surface area contributed by atoms with E-state index in [-0.39, 0.29) is 10.9 Å². The van der Waals surface area contributed by atoms with Crippen LogP contribution in [0.5, 0.6) is 11.5 Å².